The van der Waals surface area contributed by atoms with Gasteiger partial charge in [0.1, 0.15) is 5.75 Å². The molecule has 0 radical (unpaired) electrons. The molecule has 0 saturated heterocycles. The molecule has 0 aliphatic heterocycles. The fourth-order valence-corrected chi connectivity index (χ4v) is 2.84. The van der Waals surface area contributed by atoms with Crippen molar-refractivity contribution in [3.8, 4) is 5.75 Å². The predicted molar refractivity (Wildman–Crippen MR) is 81.1 cm³/mol. The molecular weight excluding hydrogens is 234 g/mol. The first kappa shape index (κ1) is 14.4. The lowest BCUT2D eigenvalue weighted by molar-refractivity contribution is 0.399. The van der Waals surface area contributed by atoms with E-state index in [1.54, 1.807) is 7.11 Å². The van der Waals surface area contributed by atoms with Crippen molar-refractivity contribution in [1.82, 2.24) is 0 Å². The van der Waals surface area contributed by atoms with Gasteiger partial charge >= 0.3 is 0 Å². The van der Waals surface area contributed by atoms with Crippen molar-refractivity contribution in [2.24, 2.45) is 5.73 Å². The lowest BCUT2D eigenvalue weighted by atomic mass is 9.86. The molecule has 0 aromatic heterocycles. The maximum Gasteiger partial charge on any atom is 0.125 e. The average molecular weight is 261 g/mol. The molecule has 2 heteroatoms. The third-order valence-electron chi connectivity index (χ3n) is 4.45. The van der Waals surface area contributed by atoms with Gasteiger partial charge in [-0.2, -0.15) is 0 Å². The fourth-order valence-electron chi connectivity index (χ4n) is 2.84. The lowest BCUT2D eigenvalue weighted by Crippen LogP contribution is -2.20. The summed E-state index contributed by atoms with van der Waals surface area (Å²) in [6.07, 6.45) is 2.45. The van der Waals surface area contributed by atoms with Crippen LogP contribution in [0.5, 0.6) is 5.75 Å². The van der Waals surface area contributed by atoms with E-state index in [2.05, 4.69) is 39.8 Å². The number of ether oxygens (including phenoxy) is 1. The van der Waals surface area contributed by atoms with Crippen LogP contribution >= 0.6 is 0 Å². The van der Waals surface area contributed by atoms with E-state index in [-0.39, 0.29) is 5.41 Å². The number of nitrogens with two attached hydrogens (primary N) is 1. The van der Waals surface area contributed by atoms with Crippen LogP contribution in [0.3, 0.4) is 0 Å². The van der Waals surface area contributed by atoms with Gasteiger partial charge in [0.05, 0.1) is 7.11 Å². The van der Waals surface area contributed by atoms with Crippen molar-refractivity contribution in [3.05, 3.63) is 28.8 Å². The second-order valence-corrected chi connectivity index (χ2v) is 6.48. The Bertz CT molecular complexity index is 429. The van der Waals surface area contributed by atoms with Crippen molar-refractivity contribution in [2.45, 2.75) is 57.8 Å². The highest BCUT2D eigenvalue weighted by Crippen LogP contribution is 2.50. The number of rotatable bonds is 5. The Morgan fingerprint density at radius 3 is 1.84 bits per heavy atom. The van der Waals surface area contributed by atoms with Crippen LogP contribution in [0.15, 0.2) is 12.1 Å². The minimum Gasteiger partial charge on any atom is -0.496 e. The second kappa shape index (κ2) is 5.16. The molecule has 106 valence electrons. The monoisotopic (exact) mass is 261 g/mol. The van der Waals surface area contributed by atoms with Crippen LogP contribution in [0.4, 0.5) is 0 Å². The van der Waals surface area contributed by atoms with Crippen LogP contribution in [0, 0.1) is 0 Å². The van der Waals surface area contributed by atoms with E-state index in [0.29, 0.717) is 11.8 Å². The molecular formula is C17H27NO. The van der Waals surface area contributed by atoms with E-state index in [4.69, 9.17) is 10.5 Å². The van der Waals surface area contributed by atoms with Gasteiger partial charge in [-0.25, -0.2) is 0 Å². The Morgan fingerprint density at radius 1 is 1.11 bits per heavy atom. The molecule has 2 nitrogen and oxygen atoms in total. The normalized spacial score (nSPS) is 17.1. The highest BCUT2D eigenvalue weighted by molar-refractivity contribution is 5.51. The van der Waals surface area contributed by atoms with Crippen molar-refractivity contribution in [1.29, 1.82) is 0 Å². The van der Waals surface area contributed by atoms with Gasteiger partial charge in [0.25, 0.3) is 0 Å². The summed E-state index contributed by atoms with van der Waals surface area (Å²) in [6, 6.07) is 4.66. The molecule has 0 spiro atoms. The Labute approximate surface area is 117 Å². The van der Waals surface area contributed by atoms with Crippen LogP contribution in [-0.2, 0) is 5.41 Å². The Kier molecular flexibility index (Phi) is 3.91. The molecule has 1 aliphatic carbocycles. The van der Waals surface area contributed by atoms with Crippen LogP contribution in [-0.4, -0.2) is 13.7 Å². The molecule has 1 aromatic carbocycles. The summed E-state index contributed by atoms with van der Waals surface area (Å²) < 4.78 is 5.69. The molecule has 0 amide bonds. The Balaban J connectivity index is 2.59. The maximum absolute atomic E-state index is 5.99. The number of methoxy groups -OCH3 is 1. The quantitative estimate of drug-likeness (QED) is 0.871. The molecule has 1 aliphatic rings. The standard InChI is InChI=1S/C17H27NO/c1-11(2)14-8-13(17(10-18)6-7-17)9-15(12(3)4)16(14)19-5/h8-9,11-12H,6-7,10,18H2,1-5H3. The molecule has 2 rings (SSSR count). The van der Waals surface area contributed by atoms with E-state index in [1.807, 2.05) is 0 Å². The highest BCUT2D eigenvalue weighted by Gasteiger charge is 2.43. The SMILES string of the molecule is COc1c(C(C)C)cc(C2(CN)CC2)cc1C(C)C. The first-order chi connectivity index (χ1) is 8.95. The predicted octanol–water partition coefficient (Wildman–Crippen LogP) is 3.93. The minimum absolute atomic E-state index is 0.250. The van der Waals surface area contributed by atoms with E-state index in [1.165, 1.54) is 29.5 Å². The summed E-state index contributed by atoms with van der Waals surface area (Å²) in [6.45, 7) is 9.68. The zero-order valence-electron chi connectivity index (χ0n) is 12.9. The Morgan fingerprint density at radius 2 is 1.58 bits per heavy atom. The molecule has 1 fully saturated rings. The summed E-state index contributed by atoms with van der Waals surface area (Å²) in [7, 11) is 1.78. The second-order valence-electron chi connectivity index (χ2n) is 6.48. The zero-order valence-corrected chi connectivity index (χ0v) is 12.9. The zero-order chi connectivity index (χ0) is 14.2. The molecule has 0 unspecified atom stereocenters. The van der Waals surface area contributed by atoms with Crippen molar-refractivity contribution < 1.29 is 4.74 Å². The molecule has 19 heavy (non-hydrogen) atoms. The van der Waals surface area contributed by atoms with Crippen LogP contribution in [0.1, 0.15) is 69.1 Å². The number of hydrogen-bond donors (Lipinski definition) is 1. The van der Waals surface area contributed by atoms with E-state index in [9.17, 15) is 0 Å². The summed E-state index contributed by atoms with van der Waals surface area (Å²) in [5.74, 6) is 2.02. The molecule has 1 saturated carbocycles. The van der Waals surface area contributed by atoms with Gasteiger partial charge in [0.2, 0.25) is 0 Å². The molecule has 0 bridgehead atoms. The van der Waals surface area contributed by atoms with Crippen molar-refractivity contribution >= 4 is 0 Å². The molecule has 0 atom stereocenters. The summed E-state index contributed by atoms with van der Waals surface area (Å²) in [4.78, 5) is 0. The third-order valence-corrected chi connectivity index (χ3v) is 4.45. The van der Waals surface area contributed by atoms with Gasteiger partial charge in [0.15, 0.2) is 0 Å². The van der Waals surface area contributed by atoms with Gasteiger partial charge in [-0.1, -0.05) is 39.8 Å². The fraction of sp³-hybridized carbons (Fsp3) is 0.647. The largest absolute Gasteiger partial charge is 0.496 e. The molecule has 0 heterocycles. The van der Waals surface area contributed by atoms with E-state index >= 15 is 0 Å². The molecule has 1 aromatic rings. The molecule has 2 N–H and O–H groups in total. The van der Waals surface area contributed by atoms with Crippen LogP contribution < -0.4 is 10.5 Å². The smallest absolute Gasteiger partial charge is 0.125 e. The number of benzene rings is 1. The van der Waals surface area contributed by atoms with E-state index in [0.717, 1.165) is 12.3 Å². The topological polar surface area (TPSA) is 35.2 Å². The van der Waals surface area contributed by atoms with Crippen molar-refractivity contribution in [3.63, 3.8) is 0 Å². The summed E-state index contributed by atoms with van der Waals surface area (Å²) >= 11 is 0. The van der Waals surface area contributed by atoms with Gasteiger partial charge in [-0.05, 0) is 41.4 Å². The number of hydrogen-bond acceptors (Lipinski definition) is 2. The van der Waals surface area contributed by atoms with Crippen molar-refractivity contribution in [2.75, 3.05) is 13.7 Å². The van der Waals surface area contributed by atoms with Gasteiger partial charge in [-0.3, -0.25) is 0 Å². The highest BCUT2D eigenvalue weighted by atomic mass is 16.5. The Hall–Kier alpha value is -1.02. The first-order valence-corrected chi connectivity index (χ1v) is 7.37. The first-order valence-electron chi connectivity index (χ1n) is 7.37. The van der Waals surface area contributed by atoms with Gasteiger partial charge in [0, 0.05) is 12.0 Å². The summed E-state index contributed by atoms with van der Waals surface area (Å²) in [5.41, 5.74) is 10.3. The third kappa shape index (κ3) is 2.51. The van der Waals surface area contributed by atoms with E-state index < -0.39 is 0 Å². The summed E-state index contributed by atoms with van der Waals surface area (Å²) in [5, 5.41) is 0. The average Bonchev–Trinajstić information content (AvgIpc) is 3.17. The van der Waals surface area contributed by atoms with Gasteiger partial charge in [-0.15, -0.1) is 0 Å². The maximum atomic E-state index is 5.99. The lowest BCUT2D eigenvalue weighted by Gasteiger charge is -2.23. The van der Waals surface area contributed by atoms with Crippen LogP contribution in [0.25, 0.3) is 0 Å². The minimum atomic E-state index is 0.250. The van der Waals surface area contributed by atoms with Crippen LogP contribution in [0.2, 0.25) is 0 Å². The van der Waals surface area contributed by atoms with Gasteiger partial charge < -0.3 is 10.5 Å².